The molecular weight excluding hydrogens is 283 g/mol. The van der Waals surface area contributed by atoms with Gasteiger partial charge in [-0.1, -0.05) is 45.9 Å². The van der Waals surface area contributed by atoms with Crippen LogP contribution in [0.4, 0.5) is 0 Å². The maximum Gasteiger partial charge on any atom is 0.494 e. The van der Waals surface area contributed by atoms with Crippen LogP contribution < -0.4 is 5.46 Å². The Morgan fingerprint density at radius 3 is 1.74 bits per heavy atom. The number of benzene rings is 1. The fraction of sp³-hybridized carbons (Fsp3) is 0.700. The Hall–Kier alpha value is -0.795. The molecule has 1 aliphatic carbocycles. The van der Waals surface area contributed by atoms with Gasteiger partial charge in [0.05, 0.1) is 11.2 Å². The molecule has 3 heteroatoms. The van der Waals surface area contributed by atoms with Crippen LogP contribution in [-0.4, -0.2) is 18.3 Å². The number of hydrogen-bond donors (Lipinski definition) is 0. The van der Waals surface area contributed by atoms with Crippen molar-refractivity contribution in [1.82, 2.24) is 0 Å². The van der Waals surface area contributed by atoms with Crippen molar-refractivity contribution in [2.24, 2.45) is 0 Å². The first kappa shape index (κ1) is 17.0. The van der Waals surface area contributed by atoms with Crippen LogP contribution in [0.2, 0.25) is 0 Å². The highest BCUT2D eigenvalue weighted by Crippen LogP contribution is 2.45. The van der Waals surface area contributed by atoms with Crippen LogP contribution in [-0.2, 0) is 20.1 Å². The Balaban J connectivity index is 2.02. The van der Waals surface area contributed by atoms with Crippen LogP contribution in [0.3, 0.4) is 0 Å². The number of hydrogen-bond acceptors (Lipinski definition) is 2. The number of fused-ring (bicyclic) bond motifs is 1. The minimum Gasteiger partial charge on any atom is -0.399 e. The SMILES string of the molecule is CC1(C)CCC(C)(C)c2cc(B3OC(C)(C)C(C)(C)O3)ccc21. The molecule has 23 heavy (non-hydrogen) atoms. The molecule has 1 saturated heterocycles. The first-order chi connectivity index (χ1) is 10.4. The van der Waals surface area contributed by atoms with Crippen LogP contribution in [0.25, 0.3) is 0 Å². The smallest absolute Gasteiger partial charge is 0.399 e. The first-order valence-electron chi connectivity index (χ1n) is 8.86. The molecule has 126 valence electrons. The van der Waals surface area contributed by atoms with E-state index in [4.69, 9.17) is 9.31 Å². The zero-order chi connectivity index (χ0) is 17.3. The summed E-state index contributed by atoms with van der Waals surface area (Å²) in [5.41, 5.74) is 3.97. The topological polar surface area (TPSA) is 18.5 Å². The maximum absolute atomic E-state index is 6.24. The van der Waals surface area contributed by atoms with Gasteiger partial charge in [-0.25, -0.2) is 0 Å². The summed E-state index contributed by atoms with van der Waals surface area (Å²) < 4.78 is 12.5. The van der Waals surface area contributed by atoms with Crippen molar-refractivity contribution >= 4 is 12.6 Å². The van der Waals surface area contributed by atoms with Crippen molar-refractivity contribution in [1.29, 1.82) is 0 Å². The fourth-order valence-electron chi connectivity index (χ4n) is 3.73. The summed E-state index contributed by atoms with van der Waals surface area (Å²) in [6, 6.07) is 6.83. The normalized spacial score (nSPS) is 26.9. The summed E-state index contributed by atoms with van der Waals surface area (Å²) in [5.74, 6) is 0. The molecule has 0 amide bonds. The van der Waals surface area contributed by atoms with E-state index < -0.39 is 0 Å². The molecule has 0 spiro atoms. The molecule has 1 aromatic rings. The van der Waals surface area contributed by atoms with Crippen molar-refractivity contribution in [3.05, 3.63) is 29.3 Å². The highest BCUT2D eigenvalue weighted by Gasteiger charge is 2.52. The Labute approximate surface area is 142 Å². The van der Waals surface area contributed by atoms with Crippen molar-refractivity contribution < 1.29 is 9.31 Å². The zero-order valence-corrected chi connectivity index (χ0v) is 16.0. The summed E-state index contributed by atoms with van der Waals surface area (Å²) in [5, 5.41) is 0. The van der Waals surface area contributed by atoms with Gasteiger partial charge in [0.25, 0.3) is 0 Å². The van der Waals surface area contributed by atoms with Gasteiger partial charge in [0.2, 0.25) is 0 Å². The molecule has 2 aliphatic rings. The Morgan fingerprint density at radius 1 is 0.739 bits per heavy atom. The quantitative estimate of drug-likeness (QED) is 0.718. The van der Waals surface area contributed by atoms with Crippen LogP contribution in [0.5, 0.6) is 0 Å². The highest BCUT2D eigenvalue weighted by molar-refractivity contribution is 6.62. The maximum atomic E-state index is 6.24. The number of rotatable bonds is 1. The summed E-state index contributed by atoms with van der Waals surface area (Å²) in [7, 11) is -0.272. The van der Waals surface area contributed by atoms with E-state index in [2.05, 4.69) is 73.6 Å². The van der Waals surface area contributed by atoms with Crippen LogP contribution in [0, 0.1) is 0 Å². The van der Waals surface area contributed by atoms with E-state index in [0.717, 1.165) is 5.46 Å². The molecular formula is C20H31BO2. The van der Waals surface area contributed by atoms with E-state index in [1.807, 2.05) is 0 Å². The second-order valence-electron chi connectivity index (χ2n) is 9.66. The van der Waals surface area contributed by atoms with Gasteiger partial charge in [0, 0.05) is 0 Å². The summed E-state index contributed by atoms with van der Waals surface area (Å²) in [6.45, 7) is 17.9. The molecule has 0 bridgehead atoms. The van der Waals surface area contributed by atoms with E-state index >= 15 is 0 Å². The minimum absolute atomic E-state index is 0.213. The monoisotopic (exact) mass is 314 g/mol. The van der Waals surface area contributed by atoms with Crippen molar-refractivity contribution in [2.75, 3.05) is 0 Å². The van der Waals surface area contributed by atoms with Crippen LogP contribution in [0.1, 0.15) is 79.4 Å². The third kappa shape index (κ3) is 2.66. The van der Waals surface area contributed by atoms with Gasteiger partial charge < -0.3 is 9.31 Å². The zero-order valence-electron chi connectivity index (χ0n) is 16.0. The lowest BCUT2D eigenvalue weighted by Crippen LogP contribution is -2.41. The standard InChI is InChI=1S/C20H31BO2/c1-17(2)11-12-18(3,4)16-13-14(9-10-15(16)17)21-22-19(5,6)20(7,8)23-21/h9-10,13H,11-12H2,1-8H3. The van der Waals surface area contributed by atoms with E-state index in [1.54, 1.807) is 0 Å². The van der Waals surface area contributed by atoms with Gasteiger partial charge in [0.1, 0.15) is 0 Å². The highest BCUT2D eigenvalue weighted by atomic mass is 16.7. The van der Waals surface area contributed by atoms with E-state index in [0.29, 0.717) is 0 Å². The molecule has 0 unspecified atom stereocenters. The third-order valence-corrected chi connectivity index (χ3v) is 6.40. The van der Waals surface area contributed by atoms with Gasteiger partial charge in [-0.3, -0.25) is 0 Å². The second-order valence-corrected chi connectivity index (χ2v) is 9.66. The average molecular weight is 314 g/mol. The largest absolute Gasteiger partial charge is 0.494 e. The van der Waals surface area contributed by atoms with Crippen molar-refractivity contribution in [2.45, 2.75) is 90.3 Å². The van der Waals surface area contributed by atoms with E-state index in [-0.39, 0.29) is 29.2 Å². The second kappa shape index (κ2) is 4.86. The molecule has 0 N–H and O–H groups in total. The molecule has 3 rings (SSSR count). The average Bonchev–Trinajstić information content (AvgIpc) is 2.64. The predicted octanol–water partition coefficient (Wildman–Crippen LogP) is 4.33. The lowest BCUT2D eigenvalue weighted by atomic mass is 9.61. The molecule has 1 aromatic carbocycles. The molecule has 0 atom stereocenters. The summed E-state index contributed by atoms with van der Waals surface area (Å²) in [6.07, 6.45) is 2.46. The molecule has 0 aromatic heterocycles. The lowest BCUT2D eigenvalue weighted by Gasteiger charge is -2.42. The van der Waals surface area contributed by atoms with Gasteiger partial charge in [-0.2, -0.15) is 0 Å². The Morgan fingerprint density at radius 2 is 1.22 bits per heavy atom. The van der Waals surface area contributed by atoms with Crippen LogP contribution in [0.15, 0.2) is 18.2 Å². The van der Waals surface area contributed by atoms with Gasteiger partial charge in [0.15, 0.2) is 0 Å². The van der Waals surface area contributed by atoms with Crippen LogP contribution >= 0.6 is 0 Å². The van der Waals surface area contributed by atoms with E-state index in [1.165, 1.54) is 24.0 Å². The Kier molecular flexibility index (Phi) is 3.60. The molecule has 1 heterocycles. The molecule has 1 aliphatic heterocycles. The van der Waals surface area contributed by atoms with Gasteiger partial charge >= 0.3 is 7.12 Å². The first-order valence-corrected chi connectivity index (χ1v) is 8.86. The van der Waals surface area contributed by atoms with Gasteiger partial charge in [-0.05, 0) is 68.0 Å². The minimum atomic E-state index is -0.289. The van der Waals surface area contributed by atoms with Crippen molar-refractivity contribution in [3.63, 3.8) is 0 Å². The summed E-state index contributed by atoms with van der Waals surface area (Å²) >= 11 is 0. The molecule has 0 saturated carbocycles. The summed E-state index contributed by atoms with van der Waals surface area (Å²) in [4.78, 5) is 0. The van der Waals surface area contributed by atoms with Crippen molar-refractivity contribution in [3.8, 4) is 0 Å². The Bertz CT molecular complexity index is 613. The van der Waals surface area contributed by atoms with E-state index in [9.17, 15) is 0 Å². The van der Waals surface area contributed by atoms with Gasteiger partial charge in [-0.15, -0.1) is 0 Å². The molecule has 1 fully saturated rings. The molecule has 2 nitrogen and oxygen atoms in total. The third-order valence-electron chi connectivity index (χ3n) is 6.40. The fourth-order valence-corrected chi connectivity index (χ4v) is 3.73. The lowest BCUT2D eigenvalue weighted by molar-refractivity contribution is 0.00578. The predicted molar refractivity (Wildman–Crippen MR) is 97.4 cm³/mol. The molecule has 0 radical (unpaired) electrons.